The van der Waals surface area contributed by atoms with Crippen LogP contribution in [0.3, 0.4) is 0 Å². The van der Waals surface area contributed by atoms with Crippen molar-refractivity contribution in [1.82, 2.24) is 0 Å². The van der Waals surface area contributed by atoms with E-state index in [4.69, 9.17) is 0 Å². The van der Waals surface area contributed by atoms with E-state index in [2.05, 4.69) is 24.3 Å². The van der Waals surface area contributed by atoms with Crippen LogP contribution in [0.4, 0.5) is 0 Å². The van der Waals surface area contributed by atoms with Crippen molar-refractivity contribution in [2.24, 2.45) is 0 Å². The third kappa shape index (κ3) is 224. The van der Waals surface area contributed by atoms with Gasteiger partial charge in [-0.1, -0.05) is 0 Å². The molecule has 0 aromatic rings. The van der Waals surface area contributed by atoms with Crippen LogP contribution < -0.4 is 0 Å². The Kier molecular flexibility index (Phi) is 1550. The Morgan fingerprint density at radius 2 is 0.273 bits per heavy atom. The zero-order chi connectivity index (χ0) is 7.98. The molecule has 44 heavy (non-hydrogen) atoms. The molecule has 0 unspecified atom stereocenters. The molecule has 0 spiro atoms. The predicted molar refractivity (Wildman–Crippen MR) is 28.3 cm³/mol. The third-order valence-corrected chi connectivity index (χ3v) is 5.42. The summed E-state index contributed by atoms with van der Waals surface area (Å²) in [5.74, 6) is 0. The van der Waals surface area contributed by atoms with Crippen molar-refractivity contribution in [3.05, 3.63) is 24.3 Å². The Balaban J connectivity index is -0.000000000671. The first kappa shape index (κ1) is 274. The van der Waals surface area contributed by atoms with E-state index in [1.54, 1.807) is 71.2 Å². The van der Waals surface area contributed by atoms with E-state index < -0.39 is 0 Å². The van der Waals surface area contributed by atoms with E-state index in [1.165, 1.54) is 7.80 Å². The quantitative estimate of drug-likeness (QED) is 0.332. The summed E-state index contributed by atoms with van der Waals surface area (Å²) in [5, 5.41) is 0. The molecular weight excluding hydrogens is 7060 g/mol. The molecule has 0 amide bonds. The topological polar surface area (TPSA) is 0 Å². The van der Waals surface area contributed by atoms with Gasteiger partial charge in [0.2, 0.25) is 0 Å². The molecule has 0 bridgehead atoms. The Bertz CT molecular complexity index is 195. The van der Waals surface area contributed by atoms with Crippen LogP contribution in [0.1, 0.15) is 0 Å². The van der Waals surface area contributed by atoms with Crippen LogP contribution in [0.15, 0.2) is 24.3 Å². The van der Waals surface area contributed by atoms with Crippen molar-refractivity contribution < 1.29 is 787 Å². The van der Waals surface area contributed by atoms with Crippen molar-refractivity contribution in [3.63, 3.8) is 0 Å². The second-order valence-corrected chi connectivity index (χ2v) is 4.61. The Morgan fingerprint density at radius 3 is 0.318 bits per heavy atom. The van der Waals surface area contributed by atoms with Gasteiger partial charge in [0.05, 0.1) is 0 Å². The molecule has 0 saturated heterocycles. The fourth-order valence-electron chi connectivity index (χ4n) is 0.450. The number of hydrogen-bond donors (Lipinski definition) is 0. The molecule has 0 aromatic heterocycles. The fourth-order valence-corrected chi connectivity index (χ4v) is 1.50. The van der Waals surface area contributed by atoms with Crippen LogP contribution in [-0.2, 0) is 787 Å². The fraction of sp³-hybridized carbons (Fsp3) is 0. The standard InChI is InChI=1S/C6H4.38W/c1-2-4-6-5-3-1;;;;;;;;;;;;;;;;;;;;;;;;;;;;;;;;;;;;;;/h1-4H;;;;;;;;;;;;;;;;;;;;;;;;;;;;;;;;;;;;;;. The number of hydrogen-bond acceptors (Lipinski definition) is 0. The summed E-state index contributed by atoms with van der Waals surface area (Å²) in [6.07, 6.45) is 8.54. The first-order valence-electron chi connectivity index (χ1n) is 2.40. The molecule has 0 heterocycles. The molecule has 0 saturated carbocycles. The van der Waals surface area contributed by atoms with Gasteiger partial charge in [0.25, 0.3) is 0 Å². The van der Waals surface area contributed by atoms with Gasteiger partial charge in [-0.2, -0.15) is 0 Å². The molecule has 0 radical (unpaired) electrons. The summed E-state index contributed by atoms with van der Waals surface area (Å²) in [6, 6.07) is 0. The van der Waals surface area contributed by atoms with Crippen LogP contribution in [0.25, 0.3) is 0 Å². The van der Waals surface area contributed by atoms with Gasteiger partial charge in [0.1, 0.15) is 0 Å². The summed E-state index contributed by atoms with van der Waals surface area (Å²) >= 11 is 6.48. The normalized spacial score (nSPS) is 3.27. The summed E-state index contributed by atoms with van der Waals surface area (Å²) in [4.78, 5) is 0. The Labute approximate surface area is 795 Å². The van der Waals surface area contributed by atoms with Crippen LogP contribution in [0.5, 0.6) is 0 Å². The van der Waals surface area contributed by atoms with Crippen LogP contribution in [-0.4, -0.2) is 7.80 Å². The van der Waals surface area contributed by atoms with Crippen LogP contribution >= 0.6 is 0 Å². The van der Waals surface area contributed by atoms with Crippen molar-refractivity contribution in [1.29, 1.82) is 0 Å². The van der Waals surface area contributed by atoms with Crippen molar-refractivity contribution >= 4 is 7.80 Å². The predicted octanol–water partition coefficient (Wildman–Crippen LogP) is 0.461. The van der Waals surface area contributed by atoms with Gasteiger partial charge < -0.3 is 0 Å². The Morgan fingerprint density at radius 1 is 0.205 bits per heavy atom. The number of allylic oxidation sites excluding steroid dienone is 4. The second kappa shape index (κ2) is 248. The zero-order valence-electron chi connectivity index (χ0n) is 18.8. The van der Waals surface area contributed by atoms with E-state index in [0.717, 1.165) is 0 Å². The van der Waals surface area contributed by atoms with Gasteiger partial charge in [0, 0.05) is 716 Å². The average Bonchev–Trinajstić information content (AvgIpc) is 2.00. The van der Waals surface area contributed by atoms with Crippen LogP contribution in [0, 0.1) is 0 Å². The zero-order valence-corrected chi connectivity index (χ0v) is 130. The van der Waals surface area contributed by atoms with Crippen molar-refractivity contribution in [2.45, 2.75) is 0 Å². The monoisotopic (exact) mass is 7070 g/mol. The maximum atomic E-state index is 2.18. The minimum atomic E-state index is 0. The van der Waals surface area contributed by atoms with Gasteiger partial charge in [0.15, 0.2) is 0 Å². The van der Waals surface area contributed by atoms with Gasteiger partial charge in [-0.05, 0) is 0 Å². The molecule has 1 aliphatic rings. The van der Waals surface area contributed by atoms with Gasteiger partial charge in [-0.3, -0.25) is 0 Å². The first-order valence-corrected chi connectivity index (χ1v) is 16.3. The van der Waals surface area contributed by atoms with Crippen molar-refractivity contribution in [2.75, 3.05) is 0 Å². The molecule has 38 heteroatoms. The first-order chi connectivity index (χ1) is 4.80. The van der Waals surface area contributed by atoms with E-state index >= 15 is 0 Å². The Hall–Kier alpha value is 25.4. The van der Waals surface area contributed by atoms with Gasteiger partial charge in [-0.15, -0.1) is 0 Å². The van der Waals surface area contributed by atoms with Crippen molar-refractivity contribution in [3.8, 4) is 0 Å². The molecule has 0 aromatic carbocycles. The third-order valence-electron chi connectivity index (χ3n) is 0.849. The number of rotatable bonds is 0. The molecule has 0 aliphatic heterocycles. The summed E-state index contributed by atoms with van der Waals surface area (Å²) < 4.78 is 2.98. The van der Waals surface area contributed by atoms with E-state index in [1.807, 2.05) is 0 Å². The maximum absolute atomic E-state index is 2.18. The molecule has 0 atom stereocenters. The van der Waals surface area contributed by atoms with E-state index in [-0.39, 0.29) is 716 Å². The van der Waals surface area contributed by atoms with Gasteiger partial charge >= 0.3 is 103 Å². The average molecular weight is 7060 g/mol. The summed E-state index contributed by atoms with van der Waals surface area (Å²) in [7, 11) is 0. The molecule has 1 rings (SSSR count). The van der Waals surface area contributed by atoms with E-state index in [0.29, 0.717) is 0 Å². The van der Waals surface area contributed by atoms with E-state index in [9.17, 15) is 0 Å². The molecular formula is C6H4W38. The van der Waals surface area contributed by atoms with Gasteiger partial charge in [-0.25, -0.2) is 0 Å². The molecule has 0 nitrogen and oxygen atoms in total. The SMILES string of the molecule is [W].[W].[W].[W].[W].[W].[W].[W].[W].[W].[W].[W].[W].[W].[W].[W].[W].[W].[W].[W].[W].[W].[W].[W].[W].[W].[W].[W].[W].[W].[W].[W].[W].[W].[W]=[C]1C=CC=C[C]1=[W].[W]=[W]. The molecule has 0 N–H and O–H groups in total. The summed E-state index contributed by atoms with van der Waals surface area (Å²) in [6.45, 7) is 0. The second-order valence-electron chi connectivity index (χ2n) is 1.45. The summed E-state index contributed by atoms with van der Waals surface area (Å²) in [5.41, 5.74) is 0. The van der Waals surface area contributed by atoms with Crippen LogP contribution in [0.2, 0.25) is 0 Å². The molecule has 256 valence electrons. The minimum absolute atomic E-state index is 0. The molecule has 0 fully saturated rings. The molecule has 1 aliphatic carbocycles.